The predicted molar refractivity (Wildman–Crippen MR) is 144 cm³/mol. The molecule has 0 saturated carbocycles. The Morgan fingerprint density at radius 3 is 2.26 bits per heavy atom. The third-order valence-electron chi connectivity index (χ3n) is 5.94. The molecule has 8 heteroatoms. The number of hydrogen-bond acceptors (Lipinski definition) is 4. The summed E-state index contributed by atoms with van der Waals surface area (Å²) in [5.41, 5.74) is 2.45. The lowest BCUT2D eigenvalue weighted by atomic mass is 10.0. The van der Waals surface area contributed by atoms with E-state index in [2.05, 4.69) is 10.3 Å². The predicted octanol–water partition coefficient (Wildman–Crippen LogP) is 5.21. The van der Waals surface area contributed by atoms with Crippen molar-refractivity contribution in [1.82, 2.24) is 15.2 Å². The topological polar surface area (TPSA) is 71.5 Å². The molecule has 2 amide bonds. The van der Waals surface area contributed by atoms with Gasteiger partial charge >= 0.3 is 0 Å². The highest BCUT2D eigenvalue weighted by atomic mass is 35.5. The Morgan fingerprint density at radius 1 is 0.868 bits per heavy atom. The zero-order chi connectivity index (χ0) is 26.7. The average Bonchev–Trinajstić information content (AvgIpc) is 2.95. The van der Waals surface area contributed by atoms with Gasteiger partial charge < -0.3 is 15.0 Å². The normalized spacial score (nSPS) is 11.4. The van der Waals surface area contributed by atoms with Gasteiger partial charge in [-0.3, -0.25) is 14.6 Å². The summed E-state index contributed by atoms with van der Waals surface area (Å²) in [6.45, 7) is 0.0420. The van der Waals surface area contributed by atoms with Gasteiger partial charge in [0.15, 0.2) is 6.61 Å². The number of hydrogen-bond donors (Lipinski definition) is 1. The zero-order valence-corrected chi connectivity index (χ0v) is 21.4. The molecule has 0 aliphatic rings. The molecule has 0 aliphatic heterocycles. The van der Waals surface area contributed by atoms with E-state index in [0.29, 0.717) is 16.3 Å². The zero-order valence-electron chi connectivity index (χ0n) is 20.6. The lowest BCUT2D eigenvalue weighted by Crippen LogP contribution is -2.51. The van der Waals surface area contributed by atoms with Crippen molar-refractivity contribution in [3.8, 4) is 5.75 Å². The van der Waals surface area contributed by atoms with Crippen LogP contribution < -0.4 is 10.1 Å². The molecule has 0 radical (unpaired) electrons. The molecule has 6 nitrogen and oxygen atoms in total. The van der Waals surface area contributed by atoms with Crippen molar-refractivity contribution in [3.63, 3.8) is 0 Å². The van der Waals surface area contributed by atoms with E-state index in [1.165, 1.54) is 17.0 Å². The second kappa shape index (κ2) is 13.4. The highest BCUT2D eigenvalue weighted by molar-refractivity contribution is 6.32. The summed E-state index contributed by atoms with van der Waals surface area (Å²) in [5, 5.41) is 3.33. The van der Waals surface area contributed by atoms with Gasteiger partial charge in [-0.15, -0.1) is 0 Å². The van der Waals surface area contributed by atoms with Crippen molar-refractivity contribution in [2.24, 2.45) is 0 Å². The van der Waals surface area contributed by atoms with Crippen LogP contribution in [0.3, 0.4) is 0 Å². The molecule has 0 unspecified atom stereocenters. The third-order valence-corrected chi connectivity index (χ3v) is 6.25. The minimum Gasteiger partial charge on any atom is -0.482 e. The van der Waals surface area contributed by atoms with Crippen LogP contribution in [0.5, 0.6) is 5.75 Å². The fraction of sp³-hybridized carbons (Fsp3) is 0.167. The average molecular weight is 532 g/mol. The molecule has 1 aromatic heterocycles. The van der Waals surface area contributed by atoms with Crippen LogP contribution in [0.15, 0.2) is 103 Å². The SMILES string of the molecule is O=C(NCc1ccncc1)[C@H](Cc1ccccc1)N(Cc1ccc(F)cc1)C(=O)COc1ccccc1Cl. The molecule has 0 spiro atoms. The van der Waals surface area contributed by atoms with Gasteiger partial charge in [0, 0.05) is 31.9 Å². The summed E-state index contributed by atoms with van der Waals surface area (Å²) in [6.07, 6.45) is 3.58. The van der Waals surface area contributed by atoms with E-state index in [1.807, 2.05) is 42.5 Å². The first-order valence-electron chi connectivity index (χ1n) is 12.1. The van der Waals surface area contributed by atoms with Gasteiger partial charge in [0.05, 0.1) is 5.02 Å². The Labute approximate surface area is 226 Å². The van der Waals surface area contributed by atoms with Crippen molar-refractivity contribution in [3.05, 3.63) is 131 Å². The fourth-order valence-electron chi connectivity index (χ4n) is 3.93. The highest BCUT2D eigenvalue weighted by Gasteiger charge is 2.30. The number of amides is 2. The number of ether oxygens (including phenoxy) is 1. The van der Waals surface area contributed by atoms with Gasteiger partial charge in [-0.1, -0.05) is 66.2 Å². The Morgan fingerprint density at radius 2 is 1.55 bits per heavy atom. The number of carbonyl (C=O) groups excluding carboxylic acids is 2. The van der Waals surface area contributed by atoms with E-state index in [0.717, 1.165) is 11.1 Å². The van der Waals surface area contributed by atoms with Crippen LogP contribution in [0.1, 0.15) is 16.7 Å². The highest BCUT2D eigenvalue weighted by Crippen LogP contribution is 2.23. The number of benzene rings is 3. The van der Waals surface area contributed by atoms with Gasteiger partial charge in [0.1, 0.15) is 17.6 Å². The van der Waals surface area contributed by atoms with Crippen molar-refractivity contribution in [2.45, 2.75) is 25.6 Å². The number of para-hydroxylation sites is 1. The second-order valence-electron chi connectivity index (χ2n) is 8.65. The molecule has 0 aliphatic carbocycles. The maximum atomic E-state index is 13.6. The maximum Gasteiger partial charge on any atom is 0.261 e. The number of aromatic nitrogens is 1. The van der Waals surface area contributed by atoms with Crippen LogP contribution in [0, 0.1) is 5.82 Å². The Hall–Kier alpha value is -4.23. The molecule has 4 aromatic rings. The Balaban J connectivity index is 1.61. The van der Waals surface area contributed by atoms with Gasteiger partial charge in [-0.05, 0) is 53.1 Å². The van der Waals surface area contributed by atoms with Crippen LogP contribution in [0.4, 0.5) is 4.39 Å². The van der Waals surface area contributed by atoms with Crippen molar-refractivity contribution in [1.29, 1.82) is 0 Å². The Kier molecular flexibility index (Phi) is 9.43. The molecule has 38 heavy (non-hydrogen) atoms. The molecule has 1 heterocycles. The van der Waals surface area contributed by atoms with E-state index in [-0.39, 0.29) is 37.8 Å². The molecule has 194 valence electrons. The van der Waals surface area contributed by atoms with Crippen LogP contribution in [-0.4, -0.2) is 34.3 Å². The largest absolute Gasteiger partial charge is 0.482 e. The molecular formula is C30H27ClFN3O3. The van der Waals surface area contributed by atoms with E-state index < -0.39 is 11.9 Å². The second-order valence-corrected chi connectivity index (χ2v) is 9.05. The molecule has 3 aromatic carbocycles. The van der Waals surface area contributed by atoms with Crippen molar-refractivity contribution >= 4 is 23.4 Å². The number of nitrogens with one attached hydrogen (secondary N) is 1. The van der Waals surface area contributed by atoms with Gasteiger partial charge in [-0.25, -0.2) is 4.39 Å². The minimum atomic E-state index is -0.855. The maximum absolute atomic E-state index is 13.6. The molecule has 1 atom stereocenters. The molecule has 0 saturated heterocycles. The molecule has 1 N–H and O–H groups in total. The summed E-state index contributed by atoms with van der Waals surface area (Å²) >= 11 is 6.20. The summed E-state index contributed by atoms with van der Waals surface area (Å²) in [5.74, 6) is -0.747. The van der Waals surface area contributed by atoms with Crippen LogP contribution in [0.2, 0.25) is 5.02 Å². The first-order chi connectivity index (χ1) is 18.5. The van der Waals surface area contributed by atoms with Crippen molar-refractivity contribution in [2.75, 3.05) is 6.61 Å². The molecule has 0 fully saturated rings. The number of carbonyl (C=O) groups is 2. The first-order valence-corrected chi connectivity index (χ1v) is 12.5. The molecule has 0 bridgehead atoms. The summed E-state index contributed by atoms with van der Waals surface area (Å²) in [6, 6.07) is 24.9. The molecule has 4 rings (SSSR count). The Bertz CT molecular complexity index is 1340. The van der Waals surface area contributed by atoms with Gasteiger partial charge in [0.25, 0.3) is 5.91 Å². The van der Waals surface area contributed by atoms with Gasteiger partial charge in [0.2, 0.25) is 5.91 Å². The van der Waals surface area contributed by atoms with Crippen LogP contribution >= 0.6 is 11.6 Å². The third kappa shape index (κ3) is 7.63. The summed E-state index contributed by atoms with van der Waals surface area (Å²) < 4.78 is 19.3. The molecular weight excluding hydrogens is 505 g/mol. The monoisotopic (exact) mass is 531 g/mol. The van der Waals surface area contributed by atoms with Gasteiger partial charge in [-0.2, -0.15) is 0 Å². The standard InChI is InChI=1S/C30H27ClFN3O3/c31-26-8-4-5-9-28(26)38-21-29(36)35(20-24-10-12-25(32)13-11-24)27(18-22-6-2-1-3-7-22)30(37)34-19-23-14-16-33-17-15-23/h1-17,27H,18-21H2,(H,34,37)/t27-/m0/s1. The lowest BCUT2D eigenvalue weighted by molar-refractivity contribution is -0.142. The van der Waals surface area contributed by atoms with Crippen molar-refractivity contribution < 1.29 is 18.7 Å². The van der Waals surface area contributed by atoms with E-state index in [4.69, 9.17) is 16.3 Å². The van der Waals surface area contributed by atoms with Crippen LogP contribution in [0.25, 0.3) is 0 Å². The summed E-state index contributed by atoms with van der Waals surface area (Å²) in [4.78, 5) is 32.7. The van der Waals surface area contributed by atoms with Crippen LogP contribution in [-0.2, 0) is 29.1 Å². The van der Waals surface area contributed by atoms with E-state index in [1.54, 1.807) is 48.8 Å². The number of rotatable bonds is 11. The number of pyridine rings is 1. The van der Waals surface area contributed by atoms with E-state index >= 15 is 0 Å². The summed E-state index contributed by atoms with van der Waals surface area (Å²) in [7, 11) is 0. The quantitative estimate of drug-likeness (QED) is 0.288. The minimum absolute atomic E-state index is 0.0885. The van der Waals surface area contributed by atoms with E-state index in [9.17, 15) is 14.0 Å². The smallest absolute Gasteiger partial charge is 0.261 e. The number of nitrogens with zero attached hydrogens (tertiary/aromatic N) is 2. The fourth-order valence-corrected chi connectivity index (χ4v) is 4.12. The first kappa shape index (κ1) is 26.8. The number of halogens is 2. The lowest BCUT2D eigenvalue weighted by Gasteiger charge is -2.31.